The maximum Gasteiger partial charge on any atom is 0.271 e. The van der Waals surface area contributed by atoms with Crippen LogP contribution in [0.2, 0.25) is 5.02 Å². The number of carbonyl (C=O) groups excluding carboxylic acids is 1. The highest BCUT2D eigenvalue weighted by molar-refractivity contribution is 9.10. The summed E-state index contributed by atoms with van der Waals surface area (Å²) in [5.74, 6) is 0.390. The van der Waals surface area contributed by atoms with Gasteiger partial charge in [0.15, 0.2) is 0 Å². The molecule has 1 N–H and O–H groups in total. The highest BCUT2D eigenvalue weighted by atomic mass is 79.9. The second-order valence-corrected chi connectivity index (χ2v) is 6.95. The molecule has 4 nitrogen and oxygen atoms in total. The highest BCUT2D eigenvalue weighted by Gasteiger charge is 2.05. The van der Waals surface area contributed by atoms with Gasteiger partial charge in [0.25, 0.3) is 5.91 Å². The summed E-state index contributed by atoms with van der Waals surface area (Å²) >= 11 is 9.29. The maximum atomic E-state index is 12.2. The summed E-state index contributed by atoms with van der Waals surface area (Å²) < 4.78 is 6.62. The number of amides is 1. The molecule has 27 heavy (non-hydrogen) atoms. The van der Waals surface area contributed by atoms with E-state index >= 15 is 0 Å². The molecule has 0 unspecified atom stereocenters. The van der Waals surface area contributed by atoms with Crippen LogP contribution >= 0.6 is 27.5 Å². The van der Waals surface area contributed by atoms with E-state index < -0.39 is 0 Å². The fraction of sp³-hybridized carbons (Fsp3) is 0.0476. The summed E-state index contributed by atoms with van der Waals surface area (Å²) in [6.45, 7) is 0.430. The molecule has 0 aliphatic rings. The summed E-state index contributed by atoms with van der Waals surface area (Å²) in [4.78, 5) is 12.2. The predicted molar refractivity (Wildman–Crippen MR) is 111 cm³/mol. The van der Waals surface area contributed by atoms with Crippen LogP contribution in [0.3, 0.4) is 0 Å². The zero-order chi connectivity index (χ0) is 19.1. The average Bonchev–Trinajstić information content (AvgIpc) is 2.69. The van der Waals surface area contributed by atoms with Gasteiger partial charge in [0, 0.05) is 20.6 Å². The van der Waals surface area contributed by atoms with Gasteiger partial charge in [-0.05, 0) is 48.0 Å². The van der Waals surface area contributed by atoms with Gasteiger partial charge in [-0.1, -0.05) is 57.9 Å². The van der Waals surface area contributed by atoms with Crippen molar-refractivity contribution in [2.75, 3.05) is 0 Å². The molecular weight excluding hydrogens is 428 g/mol. The number of halogens is 2. The normalized spacial score (nSPS) is 10.7. The van der Waals surface area contributed by atoms with E-state index in [2.05, 4.69) is 26.5 Å². The first-order chi connectivity index (χ1) is 13.1. The van der Waals surface area contributed by atoms with Gasteiger partial charge in [-0.2, -0.15) is 5.10 Å². The van der Waals surface area contributed by atoms with Gasteiger partial charge in [0.05, 0.1) is 6.21 Å². The SMILES string of the molecule is O=C(N/N=C/c1ccccc1Br)c1ccc(OCc2ccc(Cl)cc2)cc1. The minimum atomic E-state index is -0.289. The van der Waals surface area contributed by atoms with Gasteiger partial charge in [0.1, 0.15) is 12.4 Å². The summed E-state index contributed by atoms with van der Waals surface area (Å²) in [7, 11) is 0. The molecule has 0 fully saturated rings. The number of hydrazone groups is 1. The van der Waals surface area contributed by atoms with Crippen LogP contribution in [0.4, 0.5) is 0 Å². The lowest BCUT2D eigenvalue weighted by Gasteiger charge is -2.07. The fourth-order valence-corrected chi connectivity index (χ4v) is 2.77. The molecule has 3 aromatic carbocycles. The van der Waals surface area contributed by atoms with Crippen LogP contribution in [0, 0.1) is 0 Å². The second-order valence-electron chi connectivity index (χ2n) is 5.66. The van der Waals surface area contributed by atoms with Crippen molar-refractivity contribution in [1.82, 2.24) is 5.43 Å². The van der Waals surface area contributed by atoms with Gasteiger partial charge >= 0.3 is 0 Å². The minimum absolute atomic E-state index is 0.289. The van der Waals surface area contributed by atoms with Gasteiger partial charge in [-0.15, -0.1) is 0 Å². The monoisotopic (exact) mass is 442 g/mol. The molecule has 136 valence electrons. The molecule has 0 aromatic heterocycles. The van der Waals surface area contributed by atoms with Crippen molar-refractivity contribution in [3.63, 3.8) is 0 Å². The number of rotatable bonds is 6. The van der Waals surface area contributed by atoms with E-state index in [-0.39, 0.29) is 5.91 Å². The van der Waals surface area contributed by atoms with Crippen molar-refractivity contribution in [2.24, 2.45) is 5.10 Å². The third kappa shape index (κ3) is 5.67. The van der Waals surface area contributed by atoms with Gasteiger partial charge in [0.2, 0.25) is 0 Å². The third-order valence-electron chi connectivity index (χ3n) is 3.71. The summed E-state index contributed by atoms with van der Waals surface area (Å²) in [6.07, 6.45) is 1.59. The Balaban J connectivity index is 1.54. The molecule has 0 aliphatic carbocycles. The first kappa shape index (κ1) is 19.1. The Morgan fingerprint density at radius 2 is 1.74 bits per heavy atom. The molecule has 1 amide bonds. The largest absolute Gasteiger partial charge is 0.489 e. The zero-order valence-electron chi connectivity index (χ0n) is 14.2. The number of nitrogens with one attached hydrogen (secondary N) is 1. The highest BCUT2D eigenvalue weighted by Crippen LogP contribution is 2.16. The first-order valence-corrected chi connectivity index (χ1v) is 9.34. The fourth-order valence-electron chi connectivity index (χ4n) is 2.25. The van der Waals surface area contributed by atoms with Crippen LogP contribution in [0.5, 0.6) is 5.75 Å². The smallest absolute Gasteiger partial charge is 0.271 e. The van der Waals surface area contributed by atoms with Crippen molar-refractivity contribution >= 4 is 39.7 Å². The molecule has 0 aliphatic heterocycles. The van der Waals surface area contributed by atoms with Crippen molar-refractivity contribution in [1.29, 1.82) is 0 Å². The van der Waals surface area contributed by atoms with Crippen molar-refractivity contribution in [3.05, 3.63) is 99.0 Å². The van der Waals surface area contributed by atoms with Gasteiger partial charge in [-0.25, -0.2) is 5.43 Å². The van der Waals surface area contributed by atoms with Crippen LogP contribution in [-0.4, -0.2) is 12.1 Å². The van der Waals surface area contributed by atoms with Crippen molar-refractivity contribution in [2.45, 2.75) is 6.61 Å². The summed E-state index contributed by atoms with van der Waals surface area (Å²) in [6, 6.07) is 22.0. The standard InChI is InChI=1S/C21H16BrClN2O2/c22-20-4-2-1-3-17(20)13-24-25-21(26)16-7-11-19(12-8-16)27-14-15-5-9-18(23)10-6-15/h1-13H,14H2,(H,25,26)/b24-13+. The Morgan fingerprint density at radius 3 is 2.44 bits per heavy atom. The predicted octanol–water partition coefficient (Wildman–Crippen LogP) is 5.45. The number of carbonyl (C=O) groups is 1. The number of benzene rings is 3. The van der Waals surface area contributed by atoms with Crippen molar-refractivity contribution < 1.29 is 9.53 Å². The van der Waals surface area contributed by atoms with Gasteiger partial charge < -0.3 is 4.74 Å². The van der Waals surface area contributed by atoms with Crippen LogP contribution in [0.1, 0.15) is 21.5 Å². The van der Waals surface area contributed by atoms with E-state index in [1.165, 1.54) is 0 Å². The molecule has 0 saturated heterocycles. The summed E-state index contributed by atoms with van der Waals surface area (Å²) in [5.41, 5.74) is 4.91. The molecule has 0 saturated carbocycles. The Bertz CT molecular complexity index is 941. The maximum absolute atomic E-state index is 12.2. The molecule has 0 bridgehead atoms. The molecule has 3 aromatic rings. The van der Waals surface area contributed by atoms with E-state index in [1.807, 2.05) is 48.5 Å². The van der Waals surface area contributed by atoms with Crippen LogP contribution < -0.4 is 10.2 Å². The lowest BCUT2D eigenvalue weighted by atomic mass is 10.2. The molecule has 0 spiro atoms. The number of nitrogens with zero attached hydrogens (tertiary/aromatic N) is 1. The average molecular weight is 444 g/mol. The zero-order valence-corrected chi connectivity index (χ0v) is 16.6. The Morgan fingerprint density at radius 1 is 1.04 bits per heavy atom. The van der Waals surface area contributed by atoms with E-state index in [4.69, 9.17) is 16.3 Å². The number of hydrogen-bond donors (Lipinski definition) is 1. The molecule has 0 atom stereocenters. The minimum Gasteiger partial charge on any atom is -0.489 e. The summed E-state index contributed by atoms with van der Waals surface area (Å²) in [5, 5.41) is 4.68. The first-order valence-electron chi connectivity index (χ1n) is 8.17. The molecule has 0 radical (unpaired) electrons. The Kier molecular flexibility index (Phi) is 6.63. The van der Waals surface area contributed by atoms with E-state index in [0.29, 0.717) is 22.9 Å². The van der Waals surface area contributed by atoms with Crippen molar-refractivity contribution in [3.8, 4) is 5.75 Å². The Labute approximate surface area is 171 Å². The lowest BCUT2D eigenvalue weighted by molar-refractivity contribution is 0.0955. The number of ether oxygens (including phenoxy) is 1. The Hall–Kier alpha value is -2.63. The topological polar surface area (TPSA) is 50.7 Å². The second kappa shape index (κ2) is 9.35. The van der Waals surface area contributed by atoms with Gasteiger partial charge in [-0.3, -0.25) is 4.79 Å². The molecule has 0 heterocycles. The van der Waals surface area contributed by atoms with Crippen LogP contribution in [0.15, 0.2) is 82.4 Å². The lowest BCUT2D eigenvalue weighted by Crippen LogP contribution is -2.17. The molecule has 6 heteroatoms. The van der Waals surface area contributed by atoms with E-state index in [1.54, 1.807) is 30.5 Å². The molecular formula is C21H16BrClN2O2. The van der Waals surface area contributed by atoms with Crippen LogP contribution in [0.25, 0.3) is 0 Å². The quantitative estimate of drug-likeness (QED) is 0.407. The van der Waals surface area contributed by atoms with Crippen LogP contribution in [-0.2, 0) is 6.61 Å². The van der Waals surface area contributed by atoms with E-state index in [0.717, 1.165) is 15.6 Å². The number of hydrogen-bond acceptors (Lipinski definition) is 3. The molecule has 3 rings (SSSR count). The third-order valence-corrected chi connectivity index (χ3v) is 4.68. The van der Waals surface area contributed by atoms with E-state index in [9.17, 15) is 4.79 Å².